The van der Waals surface area contributed by atoms with E-state index in [1.54, 1.807) is 12.3 Å². The predicted molar refractivity (Wildman–Crippen MR) is 91.4 cm³/mol. The summed E-state index contributed by atoms with van der Waals surface area (Å²) in [5.74, 6) is 1.29. The zero-order valence-corrected chi connectivity index (χ0v) is 13.7. The van der Waals surface area contributed by atoms with E-state index in [9.17, 15) is 4.39 Å². The number of halogens is 2. The number of hydrogen-bond acceptors (Lipinski definition) is 3. The standard InChI is InChI=1S/C19H17ClFNO2/c20-18-10-16(21)8-7-15(18)13-24-19-6-2-1-4-14(19)11-22-12-17-5-3-9-23-17/h1-10,22H,11-13H2. The van der Waals surface area contributed by atoms with Gasteiger partial charge in [0.15, 0.2) is 0 Å². The Kier molecular flexibility index (Phi) is 5.51. The molecule has 24 heavy (non-hydrogen) atoms. The summed E-state index contributed by atoms with van der Waals surface area (Å²) < 4.78 is 24.2. The molecule has 0 saturated heterocycles. The van der Waals surface area contributed by atoms with E-state index in [1.807, 2.05) is 36.4 Å². The summed E-state index contributed by atoms with van der Waals surface area (Å²) in [6.45, 7) is 1.58. The summed E-state index contributed by atoms with van der Waals surface area (Å²) in [5, 5.41) is 3.68. The van der Waals surface area contributed by atoms with Crippen LogP contribution < -0.4 is 10.1 Å². The first kappa shape index (κ1) is 16.6. The highest BCUT2D eigenvalue weighted by Gasteiger charge is 2.07. The van der Waals surface area contributed by atoms with E-state index in [0.29, 0.717) is 18.1 Å². The molecule has 5 heteroatoms. The molecule has 0 spiro atoms. The van der Waals surface area contributed by atoms with Crippen molar-refractivity contribution in [3.8, 4) is 5.75 Å². The van der Waals surface area contributed by atoms with Crippen molar-refractivity contribution in [3.63, 3.8) is 0 Å². The Balaban J connectivity index is 1.61. The highest BCUT2D eigenvalue weighted by atomic mass is 35.5. The zero-order valence-electron chi connectivity index (χ0n) is 13.0. The van der Waals surface area contributed by atoms with Crippen LogP contribution in [0.15, 0.2) is 65.3 Å². The highest BCUT2D eigenvalue weighted by molar-refractivity contribution is 6.31. The minimum absolute atomic E-state index is 0.286. The molecular formula is C19H17ClFNO2. The maximum absolute atomic E-state index is 13.1. The van der Waals surface area contributed by atoms with E-state index < -0.39 is 0 Å². The van der Waals surface area contributed by atoms with E-state index >= 15 is 0 Å². The van der Waals surface area contributed by atoms with Gasteiger partial charge in [0.2, 0.25) is 0 Å². The first-order chi connectivity index (χ1) is 11.7. The van der Waals surface area contributed by atoms with E-state index in [1.165, 1.54) is 12.1 Å². The van der Waals surface area contributed by atoms with Gasteiger partial charge in [-0.25, -0.2) is 4.39 Å². The van der Waals surface area contributed by atoms with Crippen LogP contribution in [0.3, 0.4) is 0 Å². The Hall–Kier alpha value is -2.30. The van der Waals surface area contributed by atoms with Gasteiger partial charge in [-0.05, 0) is 30.3 Å². The van der Waals surface area contributed by atoms with Crippen molar-refractivity contribution in [1.29, 1.82) is 0 Å². The van der Waals surface area contributed by atoms with E-state index in [4.69, 9.17) is 20.8 Å². The molecule has 0 fully saturated rings. The summed E-state index contributed by atoms with van der Waals surface area (Å²) in [6, 6.07) is 15.9. The molecule has 1 aromatic heterocycles. The molecule has 0 aliphatic heterocycles. The molecule has 0 unspecified atom stereocenters. The van der Waals surface area contributed by atoms with Gasteiger partial charge in [-0.3, -0.25) is 0 Å². The van der Waals surface area contributed by atoms with Crippen molar-refractivity contribution in [2.24, 2.45) is 0 Å². The lowest BCUT2D eigenvalue weighted by Crippen LogP contribution is -2.13. The molecule has 3 rings (SSSR count). The normalized spacial score (nSPS) is 10.8. The second-order valence-electron chi connectivity index (χ2n) is 5.32. The van der Waals surface area contributed by atoms with E-state index in [-0.39, 0.29) is 12.4 Å². The number of rotatable bonds is 7. The molecule has 1 heterocycles. The van der Waals surface area contributed by atoms with Crippen molar-refractivity contribution < 1.29 is 13.5 Å². The Labute approximate surface area is 145 Å². The molecule has 0 amide bonds. The summed E-state index contributed by atoms with van der Waals surface area (Å²) in [5.41, 5.74) is 1.78. The largest absolute Gasteiger partial charge is 0.489 e. The Morgan fingerprint density at radius 2 is 1.88 bits per heavy atom. The van der Waals surface area contributed by atoms with Gasteiger partial charge in [0, 0.05) is 17.7 Å². The summed E-state index contributed by atoms with van der Waals surface area (Å²) in [7, 11) is 0. The van der Waals surface area contributed by atoms with Crippen LogP contribution in [0.1, 0.15) is 16.9 Å². The lowest BCUT2D eigenvalue weighted by molar-refractivity contribution is 0.302. The van der Waals surface area contributed by atoms with Crippen LogP contribution in [0.5, 0.6) is 5.75 Å². The molecule has 124 valence electrons. The summed E-state index contributed by atoms with van der Waals surface area (Å²) in [6.07, 6.45) is 1.65. The highest BCUT2D eigenvalue weighted by Crippen LogP contribution is 2.22. The quantitative estimate of drug-likeness (QED) is 0.658. The van der Waals surface area contributed by atoms with Crippen molar-refractivity contribution in [1.82, 2.24) is 5.32 Å². The molecule has 0 aliphatic carbocycles. The number of para-hydroxylation sites is 1. The van der Waals surface area contributed by atoms with Gasteiger partial charge in [0.25, 0.3) is 0 Å². The Morgan fingerprint density at radius 3 is 2.67 bits per heavy atom. The van der Waals surface area contributed by atoms with Gasteiger partial charge in [0.1, 0.15) is 23.9 Å². The first-order valence-electron chi connectivity index (χ1n) is 7.60. The fourth-order valence-corrected chi connectivity index (χ4v) is 2.54. The predicted octanol–water partition coefficient (Wildman–Crippen LogP) is 4.94. The van der Waals surface area contributed by atoms with Crippen LogP contribution in [0.25, 0.3) is 0 Å². The Bertz CT molecular complexity index is 790. The second kappa shape index (κ2) is 7.99. The average molecular weight is 346 g/mol. The van der Waals surface area contributed by atoms with Crippen LogP contribution in [0.2, 0.25) is 5.02 Å². The molecule has 3 aromatic rings. The van der Waals surface area contributed by atoms with Crippen LogP contribution >= 0.6 is 11.6 Å². The third kappa shape index (κ3) is 4.37. The minimum Gasteiger partial charge on any atom is -0.489 e. The molecule has 0 aliphatic rings. The lowest BCUT2D eigenvalue weighted by atomic mass is 10.2. The van der Waals surface area contributed by atoms with Gasteiger partial charge in [-0.1, -0.05) is 35.9 Å². The number of hydrogen-bond donors (Lipinski definition) is 1. The van der Waals surface area contributed by atoms with Gasteiger partial charge >= 0.3 is 0 Å². The molecule has 0 atom stereocenters. The number of furan rings is 1. The van der Waals surface area contributed by atoms with Gasteiger partial charge < -0.3 is 14.5 Å². The zero-order chi connectivity index (χ0) is 16.8. The SMILES string of the molecule is Fc1ccc(COc2ccccc2CNCc2ccco2)c(Cl)c1. The van der Waals surface area contributed by atoms with Gasteiger partial charge in [-0.15, -0.1) is 0 Å². The average Bonchev–Trinajstić information content (AvgIpc) is 3.08. The second-order valence-corrected chi connectivity index (χ2v) is 5.72. The van der Waals surface area contributed by atoms with Crippen LogP contribution in [0.4, 0.5) is 4.39 Å². The third-order valence-electron chi connectivity index (χ3n) is 3.57. The van der Waals surface area contributed by atoms with Crippen molar-refractivity contribution in [2.45, 2.75) is 19.7 Å². The topological polar surface area (TPSA) is 34.4 Å². The molecule has 0 bridgehead atoms. The van der Waals surface area contributed by atoms with Crippen LogP contribution in [-0.4, -0.2) is 0 Å². The molecule has 3 nitrogen and oxygen atoms in total. The van der Waals surface area contributed by atoms with E-state index in [2.05, 4.69) is 5.32 Å². The summed E-state index contributed by atoms with van der Waals surface area (Å²) in [4.78, 5) is 0. The van der Waals surface area contributed by atoms with E-state index in [0.717, 1.165) is 22.6 Å². The van der Waals surface area contributed by atoms with Gasteiger partial charge in [-0.2, -0.15) is 0 Å². The molecule has 1 N–H and O–H groups in total. The third-order valence-corrected chi connectivity index (χ3v) is 3.92. The maximum atomic E-state index is 13.1. The summed E-state index contributed by atoms with van der Waals surface area (Å²) >= 11 is 6.03. The molecule has 2 aromatic carbocycles. The van der Waals surface area contributed by atoms with Crippen LogP contribution in [-0.2, 0) is 19.7 Å². The van der Waals surface area contributed by atoms with Crippen molar-refractivity contribution in [3.05, 3.63) is 88.6 Å². The Morgan fingerprint density at radius 1 is 1.00 bits per heavy atom. The van der Waals surface area contributed by atoms with Crippen LogP contribution in [0, 0.1) is 5.82 Å². The number of nitrogens with one attached hydrogen (secondary N) is 1. The van der Waals surface area contributed by atoms with Gasteiger partial charge in [0.05, 0.1) is 17.8 Å². The smallest absolute Gasteiger partial charge is 0.124 e. The monoisotopic (exact) mass is 345 g/mol. The minimum atomic E-state index is -0.355. The maximum Gasteiger partial charge on any atom is 0.124 e. The lowest BCUT2D eigenvalue weighted by Gasteiger charge is -2.12. The molecule has 0 saturated carbocycles. The first-order valence-corrected chi connectivity index (χ1v) is 7.98. The molecule has 0 radical (unpaired) electrons. The number of benzene rings is 2. The number of ether oxygens (including phenoxy) is 1. The van der Waals surface area contributed by atoms with Crippen molar-refractivity contribution >= 4 is 11.6 Å². The van der Waals surface area contributed by atoms with Crippen molar-refractivity contribution in [2.75, 3.05) is 0 Å². The fraction of sp³-hybridized carbons (Fsp3) is 0.158. The fourth-order valence-electron chi connectivity index (χ4n) is 2.32. The molecular weight excluding hydrogens is 329 g/mol.